The largest absolute Gasteiger partial charge is 0.359 e. The average Bonchev–Trinajstić information content (AvgIpc) is 3.25. The van der Waals surface area contributed by atoms with Gasteiger partial charge in [0, 0.05) is 23.5 Å². The molecule has 0 aliphatic heterocycles. The maximum Gasteiger partial charge on any atom is 0.207 e. The summed E-state index contributed by atoms with van der Waals surface area (Å²) in [5, 5.41) is 3.96. The fourth-order valence-corrected chi connectivity index (χ4v) is 4.84. The van der Waals surface area contributed by atoms with Crippen LogP contribution in [0.5, 0.6) is 0 Å². The van der Waals surface area contributed by atoms with E-state index in [1.54, 1.807) is 0 Å². The van der Waals surface area contributed by atoms with Gasteiger partial charge in [-0.2, -0.15) is 0 Å². The van der Waals surface area contributed by atoms with Crippen molar-refractivity contribution in [2.75, 3.05) is 6.54 Å². The highest BCUT2D eigenvalue weighted by Crippen LogP contribution is 2.34. The van der Waals surface area contributed by atoms with Gasteiger partial charge in [-0.25, -0.2) is 0 Å². The second kappa shape index (κ2) is 9.47. The van der Waals surface area contributed by atoms with Crippen LogP contribution in [-0.4, -0.2) is 17.9 Å². The smallest absolute Gasteiger partial charge is 0.207 e. The molecule has 1 aliphatic rings. The van der Waals surface area contributed by atoms with Gasteiger partial charge in [-0.1, -0.05) is 49.8 Å². The summed E-state index contributed by atoms with van der Waals surface area (Å²) >= 11 is 0. The molecule has 4 rings (SSSR count). The molecule has 0 spiro atoms. The molecule has 0 radical (unpaired) electrons. The minimum absolute atomic E-state index is 0.330. The molecule has 3 nitrogen and oxygen atoms in total. The summed E-state index contributed by atoms with van der Waals surface area (Å²) < 4.78 is 0. The molecule has 1 aromatic heterocycles. The Morgan fingerprint density at radius 3 is 2.65 bits per heavy atom. The lowest BCUT2D eigenvalue weighted by atomic mass is 9.91. The third kappa shape index (κ3) is 4.56. The topological polar surface area (TPSA) is 42.0 Å². The second-order valence-corrected chi connectivity index (χ2v) is 8.79. The standard InChI is InChI=1S/C28H32N2O/c1-4-6-21(13-14-29-18-31)28-17-25(19(2)3)26-16-24(11-12-27(26)30-28)23-10-9-20-7-5-8-22(20)15-23/h9-12,15-18,21H,2,4-8,13-14H2,1,3H3,(H,29,31). The monoisotopic (exact) mass is 412 g/mol. The molecule has 3 aromatic rings. The quantitative estimate of drug-likeness (QED) is 0.324. The molecule has 31 heavy (non-hydrogen) atoms. The average molecular weight is 413 g/mol. The normalized spacial score (nSPS) is 13.7. The molecule has 0 saturated carbocycles. The van der Waals surface area contributed by atoms with Gasteiger partial charge in [0.1, 0.15) is 0 Å². The van der Waals surface area contributed by atoms with E-state index in [0.717, 1.165) is 47.8 Å². The highest BCUT2D eigenvalue weighted by molar-refractivity contribution is 5.94. The van der Waals surface area contributed by atoms with Gasteiger partial charge in [0.25, 0.3) is 0 Å². The van der Waals surface area contributed by atoms with Crippen molar-refractivity contribution in [1.29, 1.82) is 0 Å². The van der Waals surface area contributed by atoms with E-state index >= 15 is 0 Å². The number of aryl methyl sites for hydroxylation is 2. The number of carbonyl (C=O) groups is 1. The first kappa shape index (κ1) is 21.3. The minimum atomic E-state index is 0.330. The van der Waals surface area contributed by atoms with Crippen molar-refractivity contribution in [2.24, 2.45) is 0 Å². The van der Waals surface area contributed by atoms with Crippen LogP contribution in [0.3, 0.4) is 0 Å². The molecule has 1 amide bonds. The van der Waals surface area contributed by atoms with Crippen molar-refractivity contribution in [1.82, 2.24) is 10.3 Å². The number of amides is 1. The fourth-order valence-electron chi connectivity index (χ4n) is 4.84. The molecule has 0 saturated heterocycles. The van der Waals surface area contributed by atoms with Gasteiger partial charge >= 0.3 is 0 Å². The van der Waals surface area contributed by atoms with E-state index in [2.05, 4.69) is 68.2 Å². The van der Waals surface area contributed by atoms with Gasteiger partial charge in [0.2, 0.25) is 6.41 Å². The van der Waals surface area contributed by atoms with Crippen LogP contribution < -0.4 is 5.32 Å². The van der Waals surface area contributed by atoms with E-state index in [1.165, 1.54) is 47.1 Å². The number of pyridine rings is 1. The van der Waals surface area contributed by atoms with Gasteiger partial charge in [0.15, 0.2) is 0 Å². The zero-order valence-corrected chi connectivity index (χ0v) is 18.7. The van der Waals surface area contributed by atoms with Crippen LogP contribution in [0.15, 0.2) is 49.0 Å². The van der Waals surface area contributed by atoms with Crippen molar-refractivity contribution in [3.8, 4) is 11.1 Å². The van der Waals surface area contributed by atoms with Gasteiger partial charge in [-0.3, -0.25) is 9.78 Å². The summed E-state index contributed by atoms with van der Waals surface area (Å²) in [6, 6.07) is 15.8. The fraction of sp³-hybridized carbons (Fsp3) is 0.357. The third-order valence-electron chi connectivity index (χ3n) is 6.50. The number of hydrogen-bond donors (Lipinski definition) is 1. The van der Waals surface area contributed by atoms with E-state index in [0.29, 0.717) is 12.5 Å². The van der Waals surface area contributed by atoms with Crippen molar-refractivity contribution in [2.45, 2.75) is 58.3 Å². The van der Waals surface area contributed by atoms with Gasteiger partial charge in [-0.15, -0.1) is 0 Å². The Bertz CT molecular complexity index is 1120. The van der Waals surface area contributed by atoms with E-state index in [-0.39, 0.29) is 0 Å². The highest BCUT2D eigenvalue weighted by Gasteiger charge is 2.17. The molecule has 0 bridgehead atoms. The Morgan fingerprint density at radius 1 is 1.10 bits per heavy atom. The first-order chi connectivity index (χ1) is 15.1. The number of benzene rings is 2. The number of allylic oxidation sites excluding steroid dienone is 1. The maximum absolute atomic E-state index is 10.7. The molecule has 2 aromatic carbocycles. The molecule has 1 N–H and O–H groups in total. The second-order valence-electron chi connectivity index (χ2n) is 8.79. The van der Waals surface area contributed by atoms with Crippen molar-refractivity contribution in [3.63, 3.8) is 0 Å². The third-order valence-corrected chi connectivity index (χ3v) is 6.50. The Labute approximate surface area is 185 Å². The lowest BCUT2D eigenvalue weighted by Gasteiger charge is -2.18. The minimum Gasteiger partial charge on any atom is -0.359 e. The molecule has 160 valence electrons. The summed E-state index contributed by atoms with van der Waals surface area (Å²) in [7, 11) is 0. The lowest BCUT2D eigenvalue weighted by Crippen LogP contribution is -2.16. The molecule has 1 heterocycles. The molecular formula is C28H32N2O. The van der Waals surface area contributed by atoms with Crippen LogP contribution in [0.4, 0.5) is 0 Å². The number of hydrogen-bond acceptors (Lipinski definition) is 2. The Kier molecular flexibility index (Phi) is 6.50. The van der Waals surface area contributed by atoms with E-state index < -0.39 is 0 Å². The number of carbonyl (C=O) groups excluding carboxylic acids is 1. The summed E-state index contributed by atoms with van der Waals surface area (Å²) in [4.78, 5) is 15.7. The van der Waals surface area contributed by atoms with Crippen molar-refractivity contribution < 1.29 is 4.79 Å². The number of rotatable bonds is 9. The zero-order chi connectivity index (χ0) is 21.8. The van der Waals surface area contributed by atoms with E-state index in [4.69, 9.17) is 4.98 Å². The molecule has 1 atom stereocenters. The van der Waals surface area contributed by atoms with Crippen LogP contribution in [0.2, 0.25) is 0 Å². The van der Waals surface area contributed by atoms with Gasteiger partial charge in [0.05, 0.1) is 5.52 Å². The Morgan fingerprint density at radius 2 is 1.87 bits per heavy atom. The molecule has 1 unspecified atom stereocenters. The van der Waals surface area contributed by atoms with Crippen molar-refractivity contribution >= 4 is 22.9 Å². The highest BCUT2D eigenvalue weighted by atomic mass is 16.1. The lowest BCUT2D eigenvalue weighted by molar-refractivity contribution is -0.109. The molecule has 1 aliphatic carbocycles. The van der Waals surface area contributed by atoms with Crippen LogP contribution in [0.1, 0.15) is 67.8 Å². The summed E-state index contributed by atoms with van der Waals surface area (Å²) in [5.74, 6) is 0.330. The van der Waals surface area contributed by atoms with Crippen LogP contribution in [0.25, 0.3) is 27.6 Å². The number of nitrogens with zero attached hydrogens (tertiary/aromatic N) is 1. The summed E-state index contributed by atoms with van der Waals surface area (Å²) in [5.41, 5.74) is 9.87. The summed E-state index contributed by atoms with van der Waals surface area (Å²) in [6.45, 7) is 9.21. The molecule has 3 heteroatoms. The van der Waals surface area contributed by atoms with Gasteiger partial charge in [-0.05, 0) is 85.0 Å². The van der Waals surface area contributed by atoms with Crippen LogP contribution >= 0.6 is 0 Å². The maximum atomic E-state index is 10.7. The Hall–Kier alpha value is -2.94. The van der Waals surface area contributed by atoms with Crippen molar-refractivity contribution in [3.05, 3.63) is 71.4 Å². The molecule has 0 fully saturated rings. The SMILES string of the molecule is C=C(C)c1cc(C(CCC)CCNC=O)nc2ccc(-c3ccc4c(c3)CCC4)cc12. The molecular weight excluding hydrogens is 380 g/mol. The number of aromatic nitrogens is 1. The zero-order valence-electron chi connectivity index (χ0n) is 18.7. The van der Waals surface area contributed by atoms with Crippen LogP contribution in [0, 0.1) is 0 Å². The van der Waals surface area contributed by atoms with Gasteiger partial charge < -0.3 is 5.32 Å². The van der Waals surface area contributed by atoms with Crippen LogP contribution in [-0.2, 0) is 17.6 Å². The van der Waals surface area contributed by atoms with E-state index in [1.807, 2.05) is 0 Å². The first-order valence-corrected chi connectivity index (χ1v) is 11.5. The first-order valence-electron chi connectivity index (χ1n) is 11.5. The van der Waals surface area contributed by atoms with E-state index in [9.17, 15) is 4.79 Å². The Balaban J connectivity index is 1.75. The summed E-state index contributed by atoms with van der Waals surface area (Å²) in [6.07, 6.45) is 7.49. The number of nitrogens with one attached hydrogen (secondary N) is 1. The predicted molar refractivity (Wildman–Crippen MR) is 130 cm³/mol. The predicted octanol–water partition coefficient (Wildman–Crippen LogP) is 6.44. The number of fused-ring (bicyclic) bond motifs is 2.